The first-order chi connectivity index (χ1) is 8.72. The lowest BCUT2D eigenvalue weighted by Crippen LogP contribution is -2.29. The number of hydrogen-bond donors (Lipinski definition) is 2. The first kappa shape index (κ1) is 17.1. The molecule has 0 saturated heterocycles. The van der Waals surface area contributed by atoms with Gasteiger partial charge >= 0.3 is 7.12 Å². The van der Waals surface area contributed by atoms with E-state index in [4.69, 9.17) is 24.3 Å². The van der Waals surface area contributed by atoms with E-state index in [0.29, 0.717) is 31.9 Å². The lowest BCUT2D eigenvalue weighted by atomic mass is 9.81. The summed E-state index contributed by atoms with van der Waals surface area (Å²) >= 11 is 0. The van der Waals surface area contributed by atoms with Crippen LogP contribution in [0.2, 0.25) is 0 Å². The highest BCUT2D eigenvalue weighted by Gasteiger charge is 2.07. The monoisotopic (exact) mass is 256 g/mol. The molecule has 18 heavy (non-hydrogen) atoms. The van der Waals surface area contributed by atoms with Crippen LogP contribution in [0.25, 0.3) is 0 Å². The van der Waals surface area contributed by atoms with Gasteiger partial charge in [0.2, 0.25) is 0 Å². The van der Waals surface area contributed by atoms with E-state index in [9.17, 15) is 0 Å². The Balaban J connectivity index is 0.000000321. The van der Waals surface area contributed by atoms with Gasteiger partial charge in [0.25, 0.3) is 0 Å². The summed E-state index contributed by atoms with van der Waals surface area (Å²) in [5, 5.41) is 17.2. The van der Waals surface area contributed by atoms with Crippen molar-refractivity contribution in [2.75, 3.05) is 40.6 Å². The van der Waals surface area contributed by atoms with E-state index in [0.717, 1.165) is 0 Å². The molecule has 0 aliphatic rings. The minimum atomic E-state index is -1.34. The number of ether oxygens (including phenoxy) is 3. The molecule has 1 aromatic carbocycles. The Morgan fingerprint density at radius 2 is 1.39 bits per heavy atom. The number of rotatable bonds is 7. The van der Waals surface area contributed by atoms with Crippen molar-refractivity contribution in [3.8, 4) is 0 Å². The summed E-state index contributed by atoms with van der Waals surface area (Å²) in [6.07, 6.45) is 0. The molecule has 0 atom stereocenters. The fourth-order valence-corrected chi connectivity index (χ4v) is 1.01. The van der Waals surface area contributed by atoms with Crippen LogP contribution >= 0.6 is 0 Å². The van der Waals surface area contributed by atoms with Crippen LogP contribution < -0.4 is 5.46 Å². The van der Waals surface area contributed by atoms with E-state index < -0.39 is 7.12 Å². The van der Waals surface area contributed by atoms with Crippen LogP contribution in [0.15, 0.2) is 30.3 Å². The molecule has 0 heterocycles. The van der Waals surface area contributed by atoms with E-state index in [1.165, 1.54) is 0 Å². The lowest BCUT2D eigenvalue weighted by Gasteiger charge is -2.00. The normalized spacial score (nSPS) is 9.56. The number of hydrogen-bond acceptors (Lipinski definition) is 5. The summed E-state index contributed by atoms with van der Waals surface area (Å²) in [5.74, 6) is 0. The van der Waals surface area contributed by atoms with Crippen molar-refractivity contribution in [1.82, 2.24) is 0 Å². The van der Waals surface area contributed by atoms with Crippen molar-refractivity contribution in [2.24, 2.45) is 0 Å². The molecular weight excluding hydrogens is 235 g/mol. The van der Waals surface area contributed by atoms with Crippen LogP contribution in [0, 0.1) is 0 Å². The van der Waals surface area contributed by atoms with Crippen LogP contribution in [0.5, 0.6) is 0 Å². The third-order valence-electron chi connectivity index (χ3n) is 1.96. The van der Waals surface area contributed by atoms with Crippen LogP contribution in [-0.2, 0) is 14.2 Å². The Kier molecular flexibility index (Phi) is 11.9. The molecule has 0 aliphatic carbocycles. The molecule has 0 fully saturated rings. The molecule has 0 saturated carbocycles. The average molecular weight is 256 g/mol. The van der Waals surface area contributed by atoms with Gasteiger partial charge in [-0.1, -0.05) is 30.3 Å². The third-order valence-corrected chi connectivity index (χ3v) is 1.96. The molecule has 0 amide bonds. The Morgan fingerprint density at radius 1 is 0.889 bits per heavy atom. The molecule has 6 heteroatoms. The molecule has 0 radical (unpaired) electrons. The van der Waals surface area contributed by atoms with Crippen molar-refractivity contribution in [3.63, 3.8) is 0 Å². The van der Waals surface area contributed by atoms with Gasteiger partial charge in [0.15, 0.2) is 0 Å². The Morgan fingerprint density at radius 3 is 1.72 bits per heavy atom. The zero-order valence-corrected chi connectivity index (χ0v) is 10.9. The van der Waals surface area contributed by atoms with Gasteiger partial charge in [-0.05, 0) is 5.46 Å². The summed E-state index contributed by atoms with van der Waals surface area (Å²) in [4.78, 5) is 0. The molecule has 0 spiro atoms. The van der Waals surface area contributed by atoms with Gasteiger partial charge in [0.1, 0.15) is 0 Å². The largest absolute Gasteiger partial charge is 0.488 e. The quantitative estimate of drug-likeness (QED) is 0.516. The summed E-state index contributed by atoms with van der Waals surface area (Å²) in [6.45, 7) is 2.62. The second-order valence-corrected chi connectivity index (χ2v) is 3.38. The van der Waals surface area contributed by atoms with E-state index in [1.54, 1.807) is 38.5 Å². The molecule has 0 aliphatic heterocycles. The zero-order chi connectivity index (χ0) is 13.6. The maximum atomic E-state index is 8.58. The SMILES string of the molecule is COCCOCCOC.OB(O)c1ccccc1. The van der Waals surface area contributed by atoms with E-state index in [1.807, 2.05) is 6.07 Å². The van der Waals surface area contributed by atoms with Crippen LogP contribution in [0.3, 0.4) is 0 Å². The Labute approximate surface area is 108 Å². The van der Waals surface area contributed by atoms with E-state index in [2.05, 4.69) is 0 Å². The lowest BCUT2D eigenvalue weighted by molar-refractivity contribution is 0.0385. The van der Waals surface area contributed by atoms with Crippen molar-refractivity contribution in [3.05, 3.63) is 30.3 Å². The highest BCUT2D eigenvalue weighted by molar-refractivity contribution is 6.58. The maximum absolute atomic E-state index is 8.58. The molecule has 102 valence electrons. The third kappa shape index (κ3) is 10.3. The van der Waals surface area contributed by atoms with Gasteiger partial charge in [-0.3, -0.25) is 0 Å². The highest BCUT2D eigenvalue weighted by atomic mass is 16.5. The second-order valence-electron chi connectivity index (χ2n) is 3.38. The summed E-state index contributed by atoms with van der Waals surface area (Å²) in [7, 11) is 1.96. The van der Waals surface area contributed by atoms with Crippen molar-refractivity contribution < 1.29 is 24.3 Å². The molecule has 0 unspecified atom stereocenters. The summed E-state index contributed by atoms with van der Waals surface area (Å²) in [6, 6.07) is 8.66. The van der Waals surface area contributed by atoms with Crippen molar-refractivity contribution in [2.45, 2.75) is 0 Å². The van der Waals surface area contributed by atoms with E-state index in [-0.39, 0.29) is 0 Å². The van der Waals surface area contributed by atoms with Crippen molar-refractivity contribution in [1.29, 1.82) is 0 Å². The molecule has 0 bridgehead atoms. The van der Waals surface area contributed by atoms with Crippen LogP contribution in [-0.4, -0.2) is 57.8 Å². The van der Waals surface area contributed by atoms with Crippen LogP contribution in [0.4, 0.5) is 0 Å². The summed E-state index contributed by atoms with van der Waals surface area (Å²) < 4.78 is 14.6. The van der Waals surface area contributed by atoms with Gasteiger partial charge in [-0.15, -0.1) is 0 Å². The molecule has 1 aromatic rings. The maximum Gasteiger partial charge on any atom is 0.488 e. The summed E-state index contributed by atoms with van der Waals surface area (Å²) in [5.41, 5.74) is 0.525. The molecular formula is C12H21BO5. The average Bonchev–Trinajstić information content (AvgIpc) is 2.40. The van der Waals surface area contributed by atoms with E-state index >= 15 is 0 Å². The molecule has 2 N–H and O–H groups in total. The predicted molar refractivity (Wildman–Crippen MR) is 70.8 cm³/mol. The minimum absolute atomic E-state index is 0.525. The number of benzene rings is 1. The fourth-order valence-electron chi connectivity index (χ4n) is 1.01. The van der Waals surface area contributed by atoms with Crippen molar-refractivity contribution >= 4 is 12.6 Å². The first-order valence-corrected chi connectivity index (χ1v) is 5.69. The topological polar surface area (TPSA) is 68.2 Å². The van der Waals surface area contributed by atoms with Gasteiger partial charge in [0, 0.05) is 14.2 Å². The number of methoxy groups -OCH3 is 2. The standard InChI is InChI=1S/C6H7BO2.C6H14O3/c8-7(9)6-4-2-1-3-5-6;1-7-3-5-9-6-4-8-2/h1-5,8-9H;3-6H2,1-2H3. The Hall–Kier alpha value is -0.915. The highest BCUT2D eigenvalue weighted by Crippen LogP contribution is 1.82. The second kappa shape index (κ2) is 12.5. The molecule has 5 nitrogen and oxygen atoms in total. The van der Waals surface area contributed by atoms with Crippen LogP contribution in [0.1, 0.15) is 0 Å². The van der Waals surface area contributed by atoms with Gasteiger partial charge in [0.05, 0.1) is 26.4 Å². The van der Waals surface area contributed by atoms with Gasteiger partial charge in [-0.2, -0.15) is 0 Å². The van der Waals surface area contributed by atoms with Gasteiger partial charge in [-0.25, -0.2) is 0 Å². The smallest absolute Gasteiger partial charge is 0.423 e. The zero-order valence-electron chi connectivity index (χ0n) is 10.9. The van der Waals surface area contributed by atoms with Gasteiger partial charge < -0.3 is 24.3 Å². The fraction of sp³-hybridized carbons (Fsp3) is 0.500. The first-order valence-electron chi connectivity index (χ1n) is 5.69. The Bertz CT molecular complexity index is 262. The minimum Gasteiger partial charge on any atom is -0.423 e. The molecule has 0 aromatic heterocycles. The molecule has 1 rings (SSSR count). The predicted octanol–water partition coefficient (Wildman–Crippen LogP) is -0.338.